The molecule has 1 rings (SSSR count). The van der Waals surface area contributed by atoms with Crippen molar-refractivity contribution in [1.82, 2.24) is 0 Å². The van der Waals surface area contributed by atoms with Crippen molar-refractivity contribution in [3.05, 3.63) is 29.8 Å². The van der Waals surface area contributed by atoms with Gasteiger partial charge in [-0.25, -0.2) is 0 Å². The number of nitrogens with zero attached hydrogens (tertiary/aromatic N) is 1. The van der Waals surface area contributed by atoms with E-state index < -0.39 is 11.7 Å². The van der Waals surface area contributed by atoms with E-state index in [1.54, 1.807) is 18.2 Å². The summed E-state index contributed by atoms with van der Waals surface area (Å²) in [6, 6.07) is 8.29. The molecule has 0 heterocycles. The highest BCUT2D eigenvalue weighted by molar-refractivity contribution is 6.39. The summed E-state index contributed by atoms with van der Waals surface area (Å²) in [6.45, 7) is 1.18. The Morgan fingerprint density at radius 3 is 2.71 bits per heavy atom. The van der Waals surface area contributed by atoms with Crippen molar-refractivity contribution in [2.24, 2.45) is 0 Å². The Morgan fingerprint density at radius 1 is 1.43 bits per heavy atom. The molecule has 70 valence electrons. The molecule has 0 atom stereocenters. The van der Waals surface area contributed by atoms with Crippen molar-refractivity contribution in [2.75, 3.05) is 5.32 Å². The van der Waals surface area contributed by atoms with E-state index in [2.05, 4.69) is 5.32 Å². The fraction of sp³-hybridized carbons (Fsp3) is 0.100. The molecular weight excluding hydrogens is 180 g/mol. The van der Waals surface area contributed by atoms with Gasteiger partial charge in [-0.1, -0.05) is 6.07 Å². The van der Waals surface area contributed by atoms with E-state index in [-0.39, 0.29) is 0 Å². The third kappa shape index (κ3) is 2.42. The zero-order valence-electron chi connectivity index (χ0n) is 7.57. The monoisotopic (exact) mass is 188 g/mol. The highest BCUT2D eigenvalue weighted by Gasteiger charge is 2.07. The number of nitriles is 1. The summed E-state index contributed by atoms with van der Waals surface area (Å²) >= 11 is 0. The Balaban J connectivity index is 2.83. The summed E-state index contributed by atoms with van der Waals surface area (Å²) in [7, 11) is 0. The molecule has 0 saturated heterocycles. The van der Waals surface area contributed by atoms with Gasteiger partial charge in [0.15, 0.2) is 0 Å². The number of anilines is 1. The molecule has 0 unspecified atom stereocenters. The Hall–Kier alpha value is -2.15. The third-order valence-electron chi connectivity index (χ3n) is 1.57. The maximum Gasteiger partial charge on any atom is 0.291 e. The first-order chi connectivity index (χ1) is 6.63. The molecule has 1 amide bonds. The Bertz CT molecular complexity index is 418. The van der Waals surface area contributed by atoms with Crippen molar-refractivity contribution in [1.29, 1.82) is 5.26 Å². The number of carbonyl (C=O) groups is 2. The quantitative estimate of drug-likeness (QED) is 0.706. The standard InChI is InChI=1S/C10H8N2O2/c1-7(13)10(14)12-9-4-2-3-8(5-9)6-11/h2-5H,1H3,(H,12,14). The molecule has 4 heteroatoms. The van der Waals surface area contributed by atoms with Gasteiger partial charge in [0.05, 0.1) is 11.6 Å². The summed E-state index contributed by atoms with van der Waals surface area (Å²) in [4.78, 5) is 21.6. The number of benzene rings is 1. The second-order valence-electron chi connectivity index (χ2n) is 2.70. The molecule has 0 bridgehead atoms. The van der Waals surface area contributed by atoms with Gasteiger partial charge >= 0.3 is 0 Å². The van der Waals surface area contributed by atoms with E-state index >= 15 is 0 Å². The van der Waals surface area contributed by atoms with Crippen molar-refractivity contribution in [2.45, 2.75) is 6.92 Å². The van der Waals surface area contributed by atoms with Crippen molar-refractivity contribution >= 4 is 17.4 Å². The molecule has 0 aliphatic heterocycles. The molecule has 1 aromatic rings. The van der Waals surface area contributed by atoms with E-state index in [1.807, 2.05) is 6.07 Å². The summed E-state index contributed by atoms with van der Waals surface area (Å²) in [5.41, 5.74) is 0.885. The number of Topliss-reactive ketones (excluding diaryl/α,β-unsaturated/α-hetero) is 1. The van der Waals surface area contributed by atoms with Crippen LogP contribution in [0.3, 0.4) is 0 Å². The van der Waals surface area contributed by atoms with Gasteiger partial charge < -0.3 is 5.32 Å². The molecule has 0 radical (unpaired) electrons. The Morgan fingerprint density at radius 2 is 2.14 bits per heavy atom. The number of carbonyl (C=O) groups excluding carboxylic acids is 2. The fourth-order valence-electron chi connectivity index (χ4n) is 0.886. The van der Waals surface area contributed by atoms with Gasteiger partial charge in [-0.3, -0.25) is 9.59 Å². The van der Waals surface area contributed by atoms with Gasteiger partial charge in [0.1, 0.15) is 0 Å². The minimum atomic E-state index is -0.680. The van der Waals surface area contributed by atoms with Crippen LogP contribution in [0, 0.1) is 11.3 Å². The predicted octanol–water partition coefficient (Wildman–Crippen LogP) is 1.09. The van der Waals surface area contributed by atoms with Gasteiger partial charge in [-0.15, -0.1) is 0 Å². The van der Waals surface area contributed by atoms with Gasteiger partial charge in [0, 0.05) is 12.6 Å². The number of nitrogens with one attached hydrogen (secondary N) is 1. The second-order valence-corrected chi connectivity index (χ2v) is 2.70. The Kier molecular flexibility index (Phi) is 2.97. The smallest absolute Gasteiger partial charge is 0.291 e. The largest absolute Gasteiger partial charge is 0.319 e. The third-order valence-corrected chi connectivity index (χ3v) is 1.57. The average Bonchev–Trinajstić information content (AvgIpc) is 2.18. The lowest BCUT2D eigenvalue weighted by Crippen LogP contribution is -2.19. The first kappa shape index (κ1) is 9.93. The van der Waals surface area contributed by atoms with Gasteiger partial charge in [0.2, 0.25) is 5.78 Å². The maximum absolute atomic E-state index is 11.0. The molecule has 0 aromatic heterocycles. The van der Waals surface area contributed by atoms with Gasteiger partial charge in [-0.2, -0.15) is 5.26 Å². The molecule has 4 nitrogen and oxygen atoms in total. The average molecular weight is 188 g/mol. The van der Waals surface area contributed by atoms with E-state index in [9.17, 15) is 9.59 Å². The van der Waals surface area contributed by atoms with Crippen LogP contribution >= 0.6 is 0 Å². The molecule has 1 aromatic carbocycles. The van der Waals surface area contributed by atoms with E-state index in [1.165, 1.54) is 13.0 Å². The molecule has 1 N–H and O–H groups in total. The van der Waals surface area contributed by atoms with E-state index in [4.69, 9.17) is 5.26 Å². The van der Waals surface area contributed by atoms with Crippen LogP contribution < -0.4 is 5.32 Å². The van der Waals surface area contributed by atoms with Gasteiger partial charge in [0.25, 0.3) is 5.91 Å². The molecule has 0 saturated carbocycles. The molecule has 0 aliphatic carbocycles. The van der Waals surface area contributed by atoms with Crippen molar-refractivity contribution in [3.63, 3.8) is 0 Å². The van der Waals surface area contributed by atoms with Crippen LogP contribution in [0.1, 0.15) is 12.5 Å². The first-order valence-electron chi connectivity index (χ1n) is 3.95. The van der Waals surface area contributed by atoms with Crippen LogP contribution in [-0.2, 0) is 9.59 Å². The topological polar surface area (TPSA) is 70.0 Å². The summed E-state index contributed by atoms with van der Waals surface area (Å²) < 4.78 is 0. The van der Waals surface area contributed by atoms with Crippen LogP contribution in [-0.4, -0.2) is 11.7 Å². The normalized spacial score (nSPS) is 8.86. The van der Waals surface area contributed by atoms with Crippen LogP contribution in [0.5, 0.6) is 0 Å². The predicted molar refractivity (Wildman–Crippen MR) is 50.5 cm³/mol. The highest BCUT2D eigenvalue weighted by atomic mass is 16.2. The van der Waals surface area contributed by atoms with Crippen LogP contribution in [0.25, 0.3) is 0 Å². The number of hydrogen-bond acceptors (Lipinski definition) is 3. The van der Waals surface area contributed by atoms with Crippen LogP contribution in [0.2, 0.25) is 0 Å². The Labute approximate surface area is 81.2 Å². The highest BCUT2D eigenvalue weighted by Crippen LogP contribution is 2.09. The maximum atomic E-state index is 11.0. The number of hydrogen-bond donors (Lipinski definition) is 1. The van der Waals surface area contributed by atoms with Gasteiger partial charge in [-0.05, 0) is 18.2 Å². The number of ketones is 1. The van der Waals surface area contributed by atoms with Crippen LogP contribution in [0.15, 0.2) is 24.3 Å². The number of rotatable bonds is 2. The first-order valence-corrected chi connectivity index (χ1v) is 3.95. The van der Waals surface area contributed by atoms with E-state index in [0.29, 0.717) is 11.3 Å². The molecule has 14 heavy (non-hydrogen) atoms. The SMILES string of the molecule is CC(=O)C(=O)Nc1cccc(C#N)c1. The lowest BCUT2D eigenvalue weighted by Gasteiger charge is -2.01. The second kappa shape index (κ2) is 4.19. The molecule has 0 aliphatic rings. The summed E-state index contributed by atoms with van der Waals surface area (Å²) in [5.74, 6) is -1.24. The minimum absolute atomic E-state index is 0.436. The van der Waals surface area contributed by atoms with Crippen LogP contribution in [0.4, 0.5) is 5.69 Å². The van der Waals surface area contributed by atoms with Crippen molar-refractivity contribution in [3.8, 4) is 6.07 Å². The molecule has 0 spiro atoms. The van der Waals surface area contributed by atoms with E-state index in [0.717, 1.165) is 0 Å². The summed E-state index contributed by atoms with van der Waals surface area (Å²) in [6.07, 6.45) is 0. The lowest BCUT2D eigenvalue weighted by molar-refractivity contribution is -0.133. The molecule has 0 fully saturated rings. The minimum Gasteiger partial charge on any atom is -0.319 e. The molecular formula is C10H8N2O2. The number of amides is 1. The summed E-state index contributed by atoms with van der Waals surface area (Å²) in [5, 5.41) is 11.0. The zero-order valence-corrected chi connectivity index (χ0v) is 7.57. The zero-order chi connectivity index (χ0) is 10.6. The lowest BCUT2D eigenvalue weighted by atomic mass is 10.2. The van der Waals surface area contributed by atoms with Crippen molar-refractivity contribution < 1.29 is 9.59 Å². The fourth-order valence-corrected chi connectivity index (χ4v) is 0.886.